The van der Waals surface area contributed by atoms with Crippen molar-refractivity contribution in [3.05, 3.63) is 53.6 Å². The minimum atomic E-state index is 0.0321. The average Bonchev–Trinajstić information content (AvgIpc) is 2.51. The second kappa shape index (κ2) is 6.28. The first-order chi connectivity index (χ1) is 10.7. The van der Waals surface area contributed by atoms with Gasteiger partial charge in [0.15, 0.2) is 0 Å². The fraction of sp³-hybridized carbons (Fsp3) is 0.333. The Morgan fingerprint density at radius 1 is 1.23 bits per heavy atom. The molecule has 4 heteroatoms. The Bertz CT molecular complexity index is 657. The van der Waals surface area contributed by atoms with Crippen LogP contribution in [0.4, 0.5) is 5.69 Å². The first kappa shape index (κ1) is 14.7. The largest absolute Gasteiger partial charge is 0.508 e. The fourth-order valence-corrected chi connectivity index (χ4v) is 2.94. The summed E-state index contributed by atoms with van der Waals surface area (Å²) in [7, 11) is 0. The first-order valence-corrected chi connectivity index (χ1v) is 7.57. The maximum atomic E-state index is 9.67. The summed E-state index contributed by atoms with van der Waals surface area (Å²) >= 11 is 0. The van der Waals surface area contributed by atoms with E-state index < -0.39 is 0 Å². The summed E-state index contributed by atoms with van der Waals surface area (Å²) in [5.41, 5.74) is 3.38. The highest BCUT2D eigenvalue weighted by Crippen LogP contribution is 2.36. The normalized spacial score (nSPS) is 17.0. The molecule has 0 saturated carbocycles. The highest BCUT2D eigenvalue weighted by Gasteiger charge is 2.26. The van der Waals surface area contributed by atoms with Crippen molar-refractivity contribution in [2.24, 2.45) is 0 Å². The number of aryl methyl sites for hydroxylation is 1. The van der Waals surface area contributed by atoms with Crippen molar-refractivity contribution in [2.75, 3.05) is 24.6 Å². The van der Waals surface area contributed by atoms with Crippen LogP contribution in [-0.2, 0) is 6.42 Å². The van der Waals surface area contributed by atoms with E-state index in [0.29, 0.717) is 13.1 Å². The number of ether oxygens (including phenoxy) is 1. The van der Waals surface area contributed by atoms with Crippen LogP contribution in [0.5, 0.6) is 11.5 Å². The molecule has 2 aromatic rings. The van der Waals surface area contributed by atoms with Crippen molar-refractivity contribution in [2.45, 2.75) is 19.4 Å². The topological polar surface area (TPSA) is 52.9 Å². The molecule has 0 aliphatic carbocycles. The smallest absolute Gasteiger partial charge is 0.143 e. The van der Waals surface area contributed by atoms with Crippen LogP contribution >= 0.6 is 0 Å². The first-order valence-electron chi connectivity index (χ1n) is 7.57. The molecule has 1 aliphatic rings. The predicted molar refractivity (Wildman–Crippen MR) is 86.7 cm³/mol. The van der Waals surface area contributed by atoms with Crippen LogP contribution in [0.25, 0.3) is 0 Å². The van der Waals surface area contributed by atoms with Crippen molar-refractivity contribution in [3.8, 4) is 11.5 Å². The second-order valence-corrected chi connectivity index (χ2v) is 5.69. The quantitative estimate of drug-likeness (QED) is 0.911. The number of rotatable bonds is 4. The van der Waals surface area contributed by atoms with Crippen molar-refractivity contribution in [1.82, 2.24) is 0 Å². The molecule has 1 aliphatic heterocycles. The van der Waals surface area contributed by atoms with E-state index in [4.69, 9.17) is 4.74 Å². The molecule has 116 valence electrons. The summed E-state index contributed by atoms with van der Waals surface area (Å²) in [6, 6.07) is 13.4. The molecule has 1 atom stereocenters. The van der Waals surface area contributed by atoms with Crippen molar-refractivity contribution < 1.29 is 14.9 Å². The summed E-state index contributed by atoms with van der Waals surface area (Å²) < 4.78 is 6.09. The molecular weight excluding hydrogens is 278 g/mol. The van der Waals surface area contributed by atoms with Gasteiger partial charge in [-0.15, -0.1) is 0 Å². The van der Waals surface area contributed by atoms with Crippen LogP contribution < -0.4 is 9.64 Å². The third-order valence-corrected chi connectivity index (χ3v) is 4.08. The van der Waals surface area contributed by atoms with Gasteiger partial charge in [-0.2, -0.15) is 0 Å². The highest BCUT2D eigenvalue weighted by atomic mass is 16.5. The number of aliphatic hydroxyl groups excluding tert-OH is 1. The zero-order valence-electron chi connectivity index (χ0n) is 12.7. The Morgan fingerprint density at radius 3 is 2.82 bits per heavy atom. The predicted octanol–water partition coefficient (Wildman–Crippen LogP) is 2.50. The van der Waals surface area contributed by atoms with Gasteiger partial charge >= 0.3 is 0 Å². The van der Waals surface area contributed by atoms with Crippen LogP contribution in [0.1, 0.15) is 11.1 Å². The van der Waals surface area contributed by atoms with Crippen LogP contribution in [0, 0.1) is 6.92 Å². The van der Waals surface area contributed by atoms with E-state index in [9.17, 15) is 10.2 Å². The van der Waals surface area contributed by atoms with E-state index in [0.717, 1.165) is 17.9 Å². The number of fused-ring (bicyclic) bond motifs is 1. The lowest BCUT2D eigenvalue weighted by atomic mass is 10.0. The summed E-state index contributed by atoms with van der Waals surface area (Å²) in [5.74, 6) is 0.971. The lowest BCUT2D eigenvalue weighted by Gasteiger charge is -2.36. The van der Waals surface area contributed by atoms with Gasteiger partial charge in [0.25, 0.3) is 0 Å². The number of β-amino-alcohol motifs (C(OH)–C–C–N with tert-alkyl or cyclic N) is 1. The summed E-state index contributed by atoms with van der Waals surface area (Å²) in [5, 5.41) is 19.0. The van der Waals surface area contributed by atoms with Gasteiger partial charge in [0.05, 0.1) is 18.8 Å². The molecule has 22 heavy (non-hydrogen) atoms. The molecule has 4 nitrogen and oxygen atoms in total. The van der Waals surface area contributed by atoms with Gasteiger partial charge in [-0.05, 0) is 30.2 Å². The number of phenolic OH excluding ortho intramolecular Hbond substituents is 1. The Kier molecular flexibility index (Phi) is 4.20. The molecule has 2 aromatic carbocycles. The molecule has 0 fully saturated rings. The number of aliphatic hydroxyl groups is 1. The highest BCUT2D eigenvalue weighted by molar-refractivity contribution is 5.63. The number of benzene rings is 2. The number of nitrogens with zero attached hydrogens (tertiary/aromatic N) is 1. The molecular formula is C18H21NO3. The lowest BCUT2D eigenvalue weighted by molar-refractivity contribution is 0.189. The lowest BCUT2D eigenvalue weighted by Crippen LogP contribution is -2.42. The van der Waals surface area contributed by atoms with Crippen molar-refractivity contribution >= 4 is 5.69 Å². The van der Waals surface area contributed by atoms with E-state index in [2.05, 4.69) is 24.0 Å². The van der Waals surface area contributed by atoms with Gasteiger partial charge in [0.2, 0.25) is 0 Å². The summed E-state index contributed by atoms with van der Waals surface area (Å²) in [4.78, 5) is 2.07. The van der Waals surface area contributed by atoms with E-state index >= 15 is 0 Å². The number of anilines is 1. The molecule has 0 aromatic heterocycles. The molecule has 3 rings (SSSR count). The summed E-state index contributed by atoms with van der Waals surface area (Å²) in [6.07, 6.45) is 0.860. The second-order valence-electron chi connectivity index (χ2n) is 5.69. The molecule has 1 heterocycles. The van der Waals surface area contributed by atoms with E-state index in [1.54, 1.807) is 18.2 Å². The fourth-order valence-electron chi connectivity index (χ4n) is 2.94. The zero-order valence-corrected chi connectivity index (χ0v) is 12.7. The Morgan fingerprint density at radius 2 is 2.05 bits per heavy atom. The third kappa shape index (κ3) is 3.02. The standard InChI is InChI=1S/C18H21NO3/c1-13-4-2-3-5-14(13)10-16-12-19(8-9-20)17-11-15(21)6-7-18(17)22-16/h2-7,11,16,20-21H,8-10,12H2,1H3. The number of hydrogen-bond donors (Lipinski definition) is 2. The van der Waals surface area contributed by atoms with Crippen LogP contribution in [-0.4, -0.2) is 36.0 Å². The molecule has 0 amide bonds. The minimum Gasteiger partial charge on any atom is -0.508 e. The molecule has 1 unspecified atom stereocenters. The SMILES string of the molecule is Cc1ccccc1CC1CN(CCO)c2cc(O)ccc2O1. The van der Waals surface area contributed by atoms with E-state index in [1.165, 1.54) is 11.1 Å². The van der Waals surface area contributed by atoms with Crippen molar-refractivity contribution in [3.63, 3.8) is 0 Å². The van der Waals surface area contributed by atoms with Gasteiger partial charge in [-0.25, -0.2) is 0 Å². The number of aromatic hydroxyl groups is 1. The zero-order chi connectivity index (χ0) is 15.5. The Balaban J connectivity index is 1.84. The van der Waals surface area contributed by atoms with Gasteiger partial charge in [-0.1, -0.05) is 24.3 Å². The van der Waals surface area contributed by atoms with Gasteiger partial charge in [0.1, 0.15) is 17.6 Å². The maximum absolute atomic E-state index is 9.67. The Labute approximate surface area is 130 Å². The molecule has 0 radical (unpaired) electrons. The van der Waals surface area contributed by atoms with Crippen LogP contribution in [0.2, 0.25) is 0 Å². The maximum Gasteiger partial charge on any atom is 0.143 e. The number of phenols is 1. The van der Waals surface area contributed by atoms with Gasteiger partial charge in [0, 0.05) is 19.0 Å². The number of hydrogen-bond acceptors (Lipinski definition) is 4. The Hall–Kier alpha value is -2.20. The van der Waals surface area contributed by atoms with Crippen molar-refractivity contribution in [1.29, 1.82) is 0 Å². The molecule has 0 spiro atoms. The monoisotopic (exact) mass is 299 g/mol. The van der Waals surface area contributed by atoms with E-state index in [1.807, 2.05) is 12.1 Å². The average molecular weight is 299 g/mol. The minimum absolute atomic E-state index is 0.0321. The van der Waals surface area contributed by atoms with Gasteiger partial charge < -0.3 is 19.8 Å². The van der Waals surface area contributed by atoms with Crippen LogP contribution in [0.15, 0.2) is 42.5 Å². The summed E-state index contributed by atoms with van der Waals surface area (Å²) in [6.45, 7) is 3.41. The third-order valence-electron chi connectivity index (χ3n) is 4.08. The molecule has 2 N–H and O–H groups in total. The van der Waals surface area contributed by atoms with Gasteiger partial charge in [-0.3, -0.25) is 0 Å². The van der Waals surface area contributed by atoms with E-state index in [-0.39, 0.29) is 18.5 Å². The molecule has 0 bridgehead atoms. The van der Waals surface area contributed by atoms with Crippen LogP contribution in [0.3, 0.4) is 0 Å². The molecule has 0 saturated heterocycles.